The highest BCUT2D eigenvalue weighted by Crippen LogP contribution is 2.23. The van der Waals surface area contributed by atoms with Crippen LogP contribution in [0.25, 0.3) is 0 Å². The van der Waals surface area contributed by atoms with Crippen LogP contribution in [0.3, 0.4) is 0 Å². The largest absolute Gasteiger partial charge is 0.480 e. The Bertz CT molecular complexity index is 392. The van der Waals surface area contributed by atoms with E-state index in [1.54, 1.807) is 7.05 Å². The molecule has 0 aliphatic carbocycles. The number of rotatable bonds is 6. The van der Waals surface area contributed by atoms with Crippen molar-refractivity contribution in [2.75, 3.05) is 20.6 Å². The van der Waals surface area contributed by atoms with E-state index in [1.807, 2.05) is 56.1 Å². The molecule has 1 unspecified atom stereocenters. The number of carboxylic acids is 1. The second-order valence-electron chi connectivity index (χ2n) is 4.84. The Balaban J connectivity index is 3.14. The quantitative estimate of drug-likeness (QED) is 0.804. The second-order valence-corrected chi connectivity index (χ2v) is 4.84. The van der Waals surface area contributed by atoms with Crippen LogP contribution in [0.2, 0.25) is 0 Å². The van der Waals surface area contributed by atoms with E-state index in [4.69, 9.17) is 0 Å². The molecule has 0 bridgehead atoms. The Labute approximate surface area is 109 Å². The highest BCUT2D eigenvalue weighted by Gasteiger charge is 2.40. The Morgan fingerprint density at radius 2 is 1.94 bits per heavy atom. The van der Waals surface area contributed by atoms with Gasteiger partial charge in [-0.3, -0.25) is 0 Å². The van der Waals surface area contributed by atoms with E-state index in [1.165, 1.54) is 0 Å². The standard InChI is InChI=1S/C14H22N2O2/c1-11(2)16(4)10-14(15-3,13(17)18)12-8-6-5-7-9-12/h5-9,11,15H,10H2,1-4H3,(H,17,18). The van der Waals surface area contributed by atoms with E-state index < -0.39 is 11.5 Å². The van der Waals surface area contributed by atoms with Crippen LogP contribution in [0, 0.1) is 0 Å². The van der Waals surface area contributed by atoms with Crippen molar-refractivity contribution in [3.05, 3.63) is 35.9 Å². The van der Waals surface area contributed by atoms with Gasteiger partial charge >= 0.3 is 5.97 Å². The molecule has 0 saturated carbocycles. The number of carbonyl (C=O) groups is 1. The molecule has 2 N–H and O–H groups in total. The van der Waals surface area contributed by atoms with E-state index in [-0.39, 0.29) is 0 Å². The summed E-state index contributed by atoms with van der Waals surface area (Å²) in [4.78, 5) is 13.7. The molecule has 1 aromatic rings. The summed E-state index contributed by atoms with van der Waals surface area (Å²) in [6.45, 7) is 4.51. The lowest BCUT2D eigenvalue weighted by Crippen LogP contribution is -2.55. The maximum atomic E-state index is 11.7. The Morgan fingerprint density at radius 3 is 2.33 bits per heavy atom. The highest BCUT2D eigenvalue weighted by molar-refractivity contribution is 5.81. The first-order chi connectivity index (χ1) is 8.44. The number of nitrogens with one attached hydrogen (secondary N) is 1. The SMILES string of the molecule is CNC(CN(C)C(C)C)(C(=O)O)c1ccccc1. The topological polar surface area (TPSA) is 52.6 Å². The van der Waals surface area contributed by atoms with Gasteiger partial charge < -0.3 is 15.3 Å². The lowest BCUT2D eigenvalue weighted by molar-refractivity contribution is -0.146. The normalized spacial score (nSPS) is 14.8. The van der Waals surface area contributed by atoms with Gasteiger partial charge in [-0.15, -0.1) is 0 Å². The fourth-order valence-electron chi connectivity index (χ4n) is 1.89. The number of nitrogens with zero attached hydrogens (tertiary/aromatic N) is 1. The van der Waals surface area contributed by atoms with Crippen molar-refractivity contribution in [3.63, 3.8) is 0 Å². The molecule has 0 spiro atoms. The van der Waals surface area contributed by atoms with E-state index >= 15 is 0 Å². The van der Waals surface area contributed by atoms with Crippen molar-refractivity contribution in [2.24, 2.45) is 0 Å². The number of benzene rings is 1. The number of hydrogen-bond donors (Lipinski definition) is 2. The Hall–Kier alpha value is -1.39. The zero-order valence-electron chi connectivity index (χ0n) is 11.5. The van der Waals surface area contributed by atoms with Crippen molar-refractivity contribution in [1.82, 2.24) is 10.2 Å². The molecular weight excluding hydrogens is 228 g/mol. The van der Waals surface area contributed by atoms with Crippen molar-refractivity contribution in [2.45, 2.75) is 25.4 Å². The van der Waals surface area contributed by atoms with Crippen LogP contribution in [0.15, 0.2) is 30.3 Å². The molecule has 18 heavy (non-hydrogen) atoms. The number of aliphatic carboxylic acids is 1. The summed E-state index contributed by atoms with van der Waals surface area (Å²) in [5.41, 5.74) is -0.298. The third kappa shape index (κ3) is 2.89. The van der Waals surface area contributed by atoms with Crippen molar-refractivity contribution in [1.29, 1.82) is 0 Å². The molecule has 0 aliphatic rings. The molecule has 0 saturated heterocycles. The molecule has 4 heteroatoms. The summed E-state index contributed by atoms with van der Waals surface area (Å²) in [6, 6.07) is 9.59. The molecule has 0 aromatic heterocycles. The van der Waals surface area contributed by atoms with Gasteiger partial charge in [-0.2, -0.15) is 0 Å². The van der Waals surface area contributed by atoms with Gasteiger partial charge in [0.1, 0.15) is 0 Å². The molecule has 1 rings (SSSR count). The van der Waals surface area contributed by atoms with E-state index in [0.29, 0.717) is 12.6 Å². The summed E-state index contributed by atoms with van der Waals surface area (Å²) in [5, 5.41) is 12.6. The van der Waals surface area contributed by atoms with E-state index in [9.17, 15) is 9.90 Å². The lowest BCUT2D eigenvalue weighted by atomic mass is 9.89. The van der Waals surface area contributed by atoms with Crippen molar-refractivity contribution >= 4 is 5.97 Å². The predicted molar refractivity (Wildman–Crippen MR) is 72.6 cm³/mol. The number of likely N-dealkylation sites (N-methyl/N-ethyl adjacent to an activating group) is 2. The third-order valence-electron chi connectivity index (χ3n) is 3.43. The molecular formula is C14H22N2O2. The van der Waals surface area contributed by atoms with Gasteiger partial charge in [0.2, 0.25) is 0 Å². The van der Waals surface area contributed by atoms with Crippen LogP contribution >= 0.6 is 0 Å². The summed E-state index contributed by atoms with van der Waals surface area (Å²) in [6.07, 6.45) is 0. The molecule has 0 aliphatic heterocycles. The number of hydrogen-bond acceptors (Lipinski definition) is 3. The first kappa shape index (κ1) is 14.7. The summed E-state index contributed by atoms with van der Waals surface area (Å²) >= 11 is 0. The van der Waals surface area contributed by atoms with Gasteiger partial charge in [-0.05, 0) is 33.5 Å². The number of carboxylic acid groups (broad SMARTS) is 1. The van der Waals surface area contributed by atoms with Gasteiger partial charge in [-0.25, -0.2) is 4.79 Å². The summed E-state index contributed by atoms with van der Waals surface area (Å²) in [5.74, 6) is -0.858. The fraction of sp³-hybridized carbons (Fsp3) is 0.500. The molecule has 0 amide bonds. The average molecular weight is 250 g/mol. The fourth-order valence-corrected chi connectivity index (χ4v) is 1.89. The minimum atomic E-state index is -1.07. The van der Waals surface area contributed by atoms with E-state index in [2.05, 4.69) is 5.32 Å². The zero-order valence-corrected chi connectivity index (χ0v) is 11.5. The molecule has 100 valence electrons. The monoisotopic (exact) mass is 250 g/mol. The minimum Gasteiger partial charge on any atom is -0.480 e. The van der Waals surface area contributed by atoms with Crippen LogP contribution in [0.5, 0.6) is 0 Å². The van der Waals surface area contributed by atoms with Crippen molar-refractivity contribution in [3.8, 4) is 0 Å². The first-order valence-electron chi connectivity index (χ1n) is 6.12. The third-order valence-corrected chi connectivity index (χ3v) is 3.43. The maximum Gasteiger partial charge on any atom is 0.329 e. The van der Waals surface area contributed by atoms with Crippen LogP contribution in [-0.4, -0.2) is 42.7 Å². The lowest BCUT2D eigenvalue weighted by Gasteiger charge is -2.35. The van der Waals surface area contributed by atoms with Gasteiger partial charge in [0.15, 0.2) is 5.54 Å². The predicted octanol–water partition coefficient (Wildman–Crippen LogP) is 1.53. The minimum absolute atomic E-state index is 0.292. The average Bonchev–Trinajstić information content (AvgIpc) is 2.36. The van der Waals surface area contributed by atoms with Crippen LogP contribution in [-0.2, 0) is 10.3 Å². The van der Waals surface area contributed by atoms with Gasteiger partial charge in [0.05, 0.1) is 0 Å². The first-order valence-corrected chi connectivity index (χ1v) is 6.12. The van der Waals surface area contributed by atoms with Gasteiger partial charge in [0.25, 0.3) is 0 Å². The smallest absolute Gasteiger partial charge is 0.329 e. The molecule has 0 radical (unpaired) electrons. The summed E-state index contributed by atoms with van der Waals surface area (Å²) in [7, 11) is 3.62. The Kier molecular flexibility index (Phi) is 4.87. The molecule has 0 heterocycles. The van der Waals surface area contributed by atoms with Gasteiger partial charge in [0, 0.05) is 12.6 Å². The molecule has 4 nitrogen and oxygen atoms in total. The maximum absolute atomic E-state index is 11.7. The molecule has 0 fully saturated rings. The van der Waals surface area contributed by atoms with Crippen molar-refractivity contribution < 1.29 is 9.90 Å². The van der Waals surface area contributed by atoms with Crippen LogP contribution in [0.4, 0.5) is 0 Å². The van der Waals surface area contributed by atoms with Crippen LogP contribution < -0.4 is 5.32 Å². The molecule has 1 atom stereocenters. The highest BCUT2D eigenvalue weighted by atomic mass is 16.4. The van der Waals surface area contributed by atoms with Gasteiger partial charge in [-0.1, -0.05) is 30.3 Å². The Morgan fingerprint density at radius 1 is 1.39 bits per heavy atom. The summed E-state index contributed by atoms with van der Waals surface area (Å²) < 4.78 is 0. The van der Waals surface area contributed by atoms with Crippen LogP contribution in [0.1, 0.15) is 19.4 Å². The molecule has 1 aromatic carbocycles. The second kappa shape index (κ2) is 5.98. The zero-order chi connectivity index (χ0) is 13.8. The van der Waals surface area contributed by atoms with E-state index in [0.717, 1.165) is 5.56 Å².